The van der Waals surface area contributed by atoms with Crippen LogP contribution in [0.3, 0.4) is 0 Å². The van der Waals surface area contributed by atoms with Gasteiger partial charge in [-0.25, -0.2) is 0 Å². The van der Waals surface area contributed by atoms with Crippen LogP contribution in [-0.2, 0) is 11.3 Å². The monoisotopic (exact) mass is 308 g/mol. The lowest BCUT2D eigenvalue weighted by Crippen LogP contribution is -2.31. The second-order valence-corrected chi connectivity index (χ2v) is 5.66. The van der Waals surface area contributed by atoms with Gasteiger partial charge in [0.15, 0.2) is 0 Å². The molecule has 1 aliphatic rings. The van der Waals surface area contributed by atoms with Gasteiger partial charge in [-0.15, -0.1) is 0 Å². The highest BCUT2D eigenvalue weighted by atomic mass is 16.5. The van der Waals surface area contributed by atoms with Crippen molar-refractivity contribution in [2.75, 3.05) is 7.11 Å². The van der Waals surface area contributed by atoms with E-state index in [1.807, 2.05) is 47.4 Å². The number of aromatic nitrogens is 1. The minimum Gasteiger partial charge on any atom is -0.497 e. The van der Waals surface area contributed by atoms with E-state index < -0.39 is 0 Å². The van der Waals surface area contributed by atoms with Crippen LogP contribution in [0.25, 0.3) is 6.08 Å². The van der Waals surface area contributed by atoms with E-state index in [4.69, 9.17) is 4.74 Å². The number of pyridine rings is 1. The van der Waals surface area contributed by atoms with Gasteiger partial charge in [-0.3, -0.25) is 9.78 Å². The SMILES string of the molecule is COc1cccc(/C=C/C(=O)N(Cc2ccncc2)C2CC2)c1. The van der Waals surface area contributed by atoms with Crippen molar-refractivity contribution in [1.82, 2.24) is 9.88 Å². The zero-order valence-electron chi connectivity index (χ0n) is 13.2. The number of carbonyl (C=O) groups excluding carboxylic acids is 1. The van der Waals surface area contributed by atoms with Gasteiger partial charge in [-0.2, -0.15) is 0 Å². The molecule has 0 N–H and O–H groups in total. The van der Waals surface area contributed by atoms with Gasteiger partial charge in [0.05, 0.1) is 7.11 Å². The van der Waals surface area contributed by atoms with Crippen molar-refractivity contribution in [3.8, 4) is 5.75 Å². The van der Waals surface area contributed by atoms with Gasteiger partial charge >= 0.3 is 0 Å². The number of benzene rings is 1. The van der Waals surface area contributed by atoms with E-state index in [0.717, 1.165) is 29.7 Å². The predicted molar refractivity (Wildman–Crippen MR) is 89.8 cm³/mol. The predicted octanol–water partition coefficient (Wildman–Crippen LogP) is 3.29. The van der Waals surface area contributed by atoms with Crippen LogP contribution in [0.4, 0.5) is 0 Å². The van der Waals surface area contributed by atoms with Gasteiger partial charge in [-0.05, 0) is 54.3 Å². The van der Waals surface area contributed by atoms with Crippen LogP contribution in [0.5, 0.6) is 5.75 Å². The van der Waals surface area contributed by atoms with Crippen LogP contribution in [-0.4, -0.2) is 28.9 Å². The summed E-state index contributed by atoms with van der Waals surface area (Å²) < 4.78 is 5.20. The van der Waals surface area contributed by atoms with E-state index in [1.54, 1.807) is 25.6 Å². The van der Waals surface area contributed by atoms with E-state index >= 15 is 0 Å². The molecule has 0 radical (unpaired) electrons. The molecule has 2 aromatic rings. The molecule has 1 heterocycles. The lowest BCUT2D eigenvalue weighted by molar-refractivity contribution is -0.127. The molecule has 1 aromatic carbocycles. The zero-order chi connectivity index (χ0) is 16.1. The van der Waals surface area contributed by atoms with E-state index in [-0.39, 0.29) is 5.91 Å². The van der Waals surface area contributed by atoms with Crippen molar-refractivity contribution in [1.29, 1.82) is 0 Å². The largest absolute Gasteiger partial charge is 0.497 e. The molecule has 1 aliphatic carbocycles. The summed E-state index contributed by atoms with van der Waals surface area (Å²) in [7, 11) is 1.64. The van der Waals surface area contributed by atoms with Gasteiger partial charge in [-0.1, -0.05) is 12.1 Å². The molecule has 4 nitrogen and oxygen atoms in total. The highest BCUT2D eigenvalue weighted by Gasteiger charge is 2.31. The Hall–Kier alpha value is -2.62. The number of nitrogens with zero attached hydrogens (tertiary/aromatic N) is 2. The third-order valence-corrected chi connectivity index (χ3v) is 3.89. The topological polar surface area (TPSA) is 42.4 Å². The van der Waals surface area contributed by atoms with Crippen LogP contribution in [0.2, 0.25) is 0 Å². The molecule has 1 aromatic heterocycles. The summed E-state index contributed by atoms with van der Waals surface area (Å²) >= 11 is 0. The molecular weight excluding hydrogens is 288 g/mol. The first-order valence-electron chi connectivity index (χ1n) is 7.78. The highest BCUT2D eigenvalue weighted by molar-refractivity contribution is 5.92. The first kappa shape index (κ1) is 15.3. The molecule has 0 spiro atoms. The number of ether oxygens (including phenoxy) is 1. The van der Waals surface area contributed by atoms with Gasteiger partial charge in [0.1, 0.15) is 5.75 Å². The van der Waals surface area contributed by atoms with Crippen LogP contribution in [0.15, 0.2) is 54.9 Å². The zero-order valence-corrected chi connectivity index (χ0v) is 13.2. The molecule has 0 unspecified atom stereocenters. The van der Waals surface area contributed by atoms with E-state index in [2.05, 4.69) is 4.98 Å². The first-order chi connectivity index (χ1) is 11.3. The highest BCUT2D eigenvalue weighted by Crippen LogP contribution is 2.28. The Kier molecular flexibility index (Phi) is 4.71. The second-order valence-electron chi connectivity index (χ2n) is 5.66. The molecule has 3 rings (SSSR count). The maximum Gasteiger partial charge on any atom is 0.247 e. The van der Waals surface area contributed by atoms with Gasteiger partial charge in [0.25, 0.3) is 0 Å². The van der Waals surface area contributed by atoms with Crippen molar-refractivity contribution in [3.05, 3.63) is 66.0 Å². The minimum atomic E-state index is 0.0483. The number of carbonyl (C=O) groups is 1. The summed E-state index contributed by atoms with van der Waals surface area (Å²) in [5, 5.41) is 0. The number of rotatable bonds is 6. The Morgan fingerprint density at radius 2 is 2.09 bits per heavy atom. The molecule has 4 heteroatoms. The van der Waals surface area contributed by atoms with Gasteiger partial charge in [0.2, 0.25) is 5.91 Å². The van der Waals surface area contributed by atoms with Crippen LogP contribution in [0.1, 0.15) is 24.0 Å². The number of hydrogen-bond donors (Lipinski definition) is 0. The lowest BCUT2D eigenvalue weighted by atomic mass is 10.2. The van der Waals surface area contributed by atoms with Gasteiger partial charge in [0, 0.05) is 31.1 Å². The first-order valence-corrected chi connectivity index (χ1v) is 7.78. The molecule has 0 bridgehead atoms. The average Bonchev–Trinajstić information content (AvgIpc) is 3.43. The van der Waals surface area contributed by atoms with Crippen molar-refractivity contribution >= 4 is 12.0 Å². The number of hydrogen-bond acceptors (Lipinski definition) is 3. The van der Waals surface area contributed by atoms with Crippen molar-refractivity contribution in [2.45, 2.75) is 25.4 Å². The maximum absolute atomic E-state index is 12.5. The molecule has 118 valence electrons. The Morgan fingerprint density at radius 1 is 1.30 bits per heavy atom. The summed E-state index contributed by atoms with van der Waals surface area (Å²) in [5.41, 5.74) is 2.06. The lowest BCUT2D eigenvalue weighted by Gasteiger charge is -2.20. The van der Waals surface area contributed by atoms with Crippen molar-refractivity contribution < 1.29 is 9.53 Å². The molecule has 23 heavy (non-hydrogen) atoms. The third-order valence-electron chi connectivity index (χ3n) is 3.89. The van der Waals surface area contributed by atoms with Crippen LogP contribution < -0.4 is 4.74 Å². The fourth-order valence-corrected chi connectivity index (χ4v) is 2.47. The standard InChI is InChI=1S/C19H20N2O2/c1-23-18-4-2-3-15(13-18)5-8-19(22)21(17-6-7-17)14-16-9-11-20-12-10-16/h2-5,8-13,17H,6-7,14H2,1H3/b8-5+. The number of amides is 1. The second kappa shape index (κ2) is 7.09. The van der Waals surface area contributed by atoms with Crippen LogP contribution in [0, 0.1) is 0 Å². The number of methoxy groups -OCH3 is 1. The summed E-state index contributed by atoms with van der Waals surface area (Å²) in [6.45, 7) is 0.633. The normalized spacial score (nSPS) is 14.0. The quantitative estimate of drug-likeness (QED) is 0.769. The molecule has 1 saturated carbocycles. The third kappa shape index (κ3) is 4.19. The van der Waals surface area contributed by atoms with Crippen LogP contribution >= 0.6 is 0 Å². The fourth-order valence-electron chi connectivity index (χ4n) is 2.47. The van der Waals surface area contributed by atoms with Gasteiger partial charge < -0.3 is 9.64 Å². The van der Waals surface area contributed by atoms with Crippen molar-refractivity contribution in [3.63, 3.8) is 0 Å². The van der Waals surface area contributed by atoms with E-state index in [9.17, 15) is 4.79 Å². The molecular formula is C19H20N2O2. The Bertz CT molecular complexity index is 694. The Labute approximate surface area is 136 Å². The minimum absolute atomic E-state index is 0.0483. The summed E-state index contributed by atoms with van der Waals surface area (Å²) in [6.07, 6.45) is 9.18. The van der Waals surface area contributed by atoms with E-state index in [0.29, 0.717) is 12.6 Å². The summed E-state index contributed by atoms with van der Waals surface area (Å²) in [6, 6.07) is 11.9. The molecule has 1 fully saturated rings. The molecule has 0 atom stereocenters. The van der Waals surface area contributed by atoms with E-state index in [1.165, 1.54) is 0 Å². The molecule has 0 saturated heterocycles. The fraction of sp³-hybridized carbons (Fsp3) is 0.263. The molecule has 1 amide bonds. The Balaban J connectivity index is 1.70. The summed E-state index contributed by atoms with van der Waals surface area (Å²) in [5.74, 6) is 0.836. The van der Waals surface area contributed by atoms with Crippen molar-refractivity contribution in [2.24, 2.45) is 0 Å². The molecule has 0 aliphatic heterocycles. The Morgan fingerprint density at radius 3 is 2.78 bits per heavy atom. The smallest absolute Gasteiger partial charge is 0.247 e. The maximum atomic E-state index is 12.5. The summed E-state index contributed by atoms with van der Waals surface area (Å²) in [4.78, 5) is 18.5. The average molecular weight is 308 g/mol.